The SMILES string of the molecule is N#CC1=CNC(Nc2ccc3c(n2)=CCCC=3)C=C1. The number of hydrogen-bond donors (Lipinski definition) is 2. The van der Waals surface area contributed by atoms with Crippen LogP contribution >= 0.6 is 0 Å². The molecule has 1 aliphatic heterocycles. The van der Waals surface area contributed by atoms with Gasteiger partial charge in [0.1, 0.15) is 18.1 Å². The van der Waals surface area contributed by atoms with Gasteiger partial charge in [0.25, 0.3) is 0 Å². The lowest BCUT2D eigenvalue weighted by Crippen LogP contribution is -2.35. The van der Waals surface area contributed by atoms with Gasteiger partial charge in [-0.1, -0.05) is 12.2 Å². The predicted octanol–water partition coefficient (Wildman–Crippen LogP) is 0.741. The van der Waals surface area contributed by atoms with E-state index in [2.05, 4.69) is 39.9 Å². The molecule has 0 saturated carbocycles. The van der Waals surface area contributed by atoms with Crippen LogP contribution in [0.2, 0.25) is 0 Å². The molecule has 1 atom stereocenters. The zero-order chi connectivity index (χ0) is 13.1. The van der Waals surface area contributed by atoms with Gasteiger partial charge in [0, 0.05) is 6.20 Å². The van der Waals surface area contributed by atoms with Gasteiger partial charge in [0.2, 0.25) is 0 Å². The van der Waals surface area contributed by atoms with Crippen molar-refractivity contribution < 1.29 is 0 Å². The zero-order valence-electron chi connectivity index (χ0n) is 10.4. The van der Waals surface area contributed by atoms with Crippen LogP contribution in [0.15, 0.2) is 36.1 Å². The van der Waals surface area contributed by atoms with E-state index in [4.69, 9.17) is 5.26 Å². The van der Waals surface area contributed by atoms with Crippen molar-refractivity contribution >= 4 is 18.0 Å². The minimum Gasteiger partial charge on any atom is -0.367 e. The first-order valence-corrected chi connectivity index (χ1v) is 6.34. The molecule has 4 nitrogen and oxygen atoms in total. The molecule has 3 rings (SSSR count). The van der Waals surface area contributed by atoms with Crippen LogP contribution in [0.4, 0.5) is 5.82 Å². The van der Waals surface area contributed by atoms with Gasteiger partial charge < -0.3 is 10.6 Å². The van der Waals surface area contributed by atoms with Gasteiger partial charge >= 0.3 is 0 Å². The molecule has 0 aromatic carbocycles. The number of rotatable bonds is 2. The van der Waals surface area contributed by atoms with Gasteiger partial charge in [-0.15, -0.1) is 0 Å². The van der Waals surface area contributed by atoms with Gasteiger partial charge in [-0.3, -0.25) is 0 Å². The number of anilines is 1. The Bertz CT molecular complexity index is 707. The summed E-state index contributed by atoms with van der Waals surface area (Å²) in [6.07, 6.45) is 11.9. The fourth-order valence-corrected chi connectivity index (χ4v) is 2.16. The van der Waals surface area contributed by atoms with Crippen LogP contribution in [0.1, 0.15) is 12.8 Å². The van der Waals surface area contributed by atoms with E-state index in [0.717, 1.165) is 24.0 Å². The minimum atomic E-state index is -0.0322. The Labute approximate surface area is 111 Å². The third-order valence-electron chi connectivity index (χ3n) is 3.15. The molecule has 0 amide bonds. The van der Waals surface area contributed by atoms with Crippen LogP contribution in [0, 0.1) is 11.3 Å². The number of nitrogens with one attached hydrogen (secondary N) is 2. The maximum Gasteiger partial charge on any atom is 0.128 e. The molecule has 1 unspecified atom stereocenters. The summed E-state index contributed by atoms with van der Waals surface area (Å²) in [4.78, 5) is 4.59. The zero-order valence-corrected chi connectivity index (χ0v) is 10.4. The van der Waals surface area contributed by atoms with Crippen LogP contribution in [0.3, 0.4) is 0 Å². The molecule has 2 aliphatic rings. The molecule has 4 heteroatoms. The van der Waals surface area contributed by atoms with E-state index in [1.54, 1.807) is 12.3 Å². The summed E-state index contributed by atoms with van der Waals surface area (Å²) in [6, 6.07) is 6.15. The average Bonchev–Trinajstić information content (AvgIpc) is 2.48. The normalized spacial score (nSPS) is 19.9. The summed E-state index contributed by atoms with van der Waals surface area (Å²) in [5, 5.41) is 17.4. The van der Waals surface area contributed by atoms with Crippen molar-refractivity contribution in [1.82, 2.24) is 10.3 Å². The van der Waals surface area contributed by atoms with E-state index < -0.39 is 0 Å². The number of aromatic nitrogens is 1. The number of hydrogen-bond acceptors (Lipinski definition) is 4. The second-order valence-electron chi connectivity index (χ2n) is 4.52. The summed E-state index contributed by atoms with van der Waals surface area (Å²) in [5.41, 5.74) is 0.624. The lowest BCUT2D eigenvalue weighted by molar-refractivity contribution is 0.765. The molecular weight excluding hydrogens is 236 g/mol. The second-order valence-corrected chi connectivity index (χ2v) is 4.52. The van der Waals surface area contributed by atoms with Gasteiger partial charge in [-0.05, 0) is 42.3 Å². The third-order valence-corrected chi connectivity index (χ3v) is 3.15. The van der Waals surface area contributed by atoms with Gasteiger partial charge in [0.05, 0.1) is 10.9 Å². The Balaban J connectivity index is 1.78. The van der Waals surface area contributed by atoms with Crippen LogP contribution in [-0.4, -0.2) is 11.1 Å². The molecule has 19 heavy (non-hydrogen) atoms. The fourth-order valence-electron chi connectivity index (χ4n) is 2.16. The molecule has 1 aromatic rings. The number of nitrogens with zero attached hydrogens (tertiary/aromatic N) is 2. The monoisotopic (exact) mass is 250 g/mol. The molecule has 1 aliphatic carbocycles. The summed E-state index contributed by atoms with van der Waals surface area (Å²) < 4.78 is 0. The summed E-state index contributed by atoms with van der Waals surface area (Å²) in [7, 11) is 0. The van der Waals surface area contributed by atoms with Crippen molar-refractivity contribution in [3.05, 3.63) is 46.6 Å². The smallest absolute Gasteiger partial charge is 0.128 e. The Morgan fingerprint density at radius 3 is 3.00 bits per heavy atom. The van der Waals surface area contributed by atoms with E-state index >= 15 is 0 Å². The highest BCUT2D eigenvalue weighted by Gasteiger charge is 2.07. The first-order chi connectivity index (χ1) is 9.35. The van der Waals surface area contributed by atoms with Gasteiger partial charge in [-0.2, -0.15) is 5.26 Å². The molecule has 0 bridgehead atoms. The highest BCUT2D eigenvalue weighted by molar-refractivity contribution is 5.44. The quantitative estimate of drug-likeness (QED) is 0.813. The first kappa shape index (κ1) is 11.5. The highest BCUT2D eigenvalue weighted by Crippen LogP contribution is 2.06. The Kier molecular flexibility index (Phi) is 3.03. The molecule has 2 heterocycles. The number of fused-ring (bicyclic) bond motifs is 1. The van der Waals surface area contributed by atoms with E-state index in [1.807, 2.05) is 12.1 Å². The van der Waals surface area contributed by atoms with Crippen molar-refractivity contribution in [3.63, 3.8) is 0 Å². The van der Waals surface area contributed by atoms with E-state index in [9.17, 15) is 0 Å². The first-order valence-electron chi connectivity index (χ1n) is 6.34. The number of dihydropyridines is 1. The molecular formula is C15H14N4. The molecule has 2 N–H and O–H groups in total. The summed E-state index contributed by atoms with van der Waals surface area (Å²) in [5.74, 6) is 0.834. The van der Waals surface area contributed by atoms with Crippen molar-refractivity contribution in [1.29, 1.82) is 5.26 Å². The number of allylic oxidation sites excluding steroid dienone is 2. The molecule has 0 saturated heterocycles. The van der Waals surface area contributed by atoms with E-state index in [-0.39, 0.29) is 6.17 Å². The van der Waals surface area contributed by atoms with Crippen LogP contribution < -0.4 is 21.2 Å². The van der Waals surface area contributed by atoms with Gasteiger partial charge in [0.15, 0.2) is 0 Å². The maximum absolute atomic E-state index is 8.75. The number of nitriles is 1. The average molecular weight is 250 g/mol. The second kappa shape index (κ2) is 4.99. The number of pyridine rings is 1. The van der Waals surface area contributed by atoms with Crippen molar-refractivity contribution in [2.45, 2.75) is 19.0 Å². The molecule has 0 radical (unpaired) electrons. The minimum absolute atomic E-state index is 0.0322. The van der Waals surface area contributed by atoms with Crippen LogP contribution in [-0.2, 0) is 0 Å². The summed E-state index contributed by atoms with van der Waals surface area (Å²) in [6.45, 7) is 0. The van der Waals surface area contributed by atoms with Crippen molar-refractivity contribution in [2.75, 3.05) is 5.32 Å². The molecule has 1 aromatic heterocycles. The van der Waals surface area contributed by atoms with E-state index in [0.29, 0.717) is 5.57 Å². The van der Waals surface area contributed by atoms with Crippen molar-refractivity contribution in [2.24, 2.45) is 0 Å². The van der Waals surface area contributed by atoms with Crippen LogP contribution in [0.5, 0.6) is 0 Å². The maximum atomic E-state index is 8.75. The largest absolute Gasteiger partial charge is 0.367 e. The van der Waals surface area contributed by atoms with Crippen molar-refractivity contribution in [3.8, 4) is 6.07 Å². The standard InChI is InChI=1S/C15H14N4/c16-9-11-5-7-14(17-10-11)19-15-8-6-12-3-1-2-4-13(12)18-15/h3-8,10,14,17H,1-2H2,(H,18,19). The lowest BCUT2D eigenvalue weighted by Gasteiger charge is -2.19. The molecule has 0 fully saturated rings. The summed E-state index contributed by atoms with van der Waals surface area (Å²) >= 11 is 0. The highest BCUT2D eigenvalue weighted by atomic mass is 15.1. The Morgan fingerprint density at radius 2 is 2.21 bits per heavy atom. The molecule has 94 valence electrons. The fraction of sp³-hybridized carbons (Fsp3) is 0.200. The lowest BCUT2D eigenvalue weighted by atomic mass is 10.1. The predicted molar refractivity (Wildman–Crippen MR) is 75.0 cm³/mol. The van der Waals surface area contributed by atoms with Gasteiger partial charge in [-0.25, -0.2) is 4.98 Å². The Morgan fingerprint density at radius 1 is 1.32 bits per heavy atom. The topological polar surface area (TPSA) is 60.7 Å². The van der Waals surface area contributed by atoms with E-state index in [1.165, 1.54) is 5.22 Å². The third kappa shape index (κ3) is 2.50. The Hall–Kier alpha value is -2.54. The molecule has 0 spiro atoms. The van der Waals surface area contributed by atoms with Crippen LogP contribution in [0.25, 0.3) is 12.2 Å².